The molecule has 1 aromatic rings. The van der Waals surface area contributed by atoms with Gasteiger partial charge in [-0.15, -0.1) is 0 Å². The number of hydrogen-bond donors (Lipinski definition) is 1. The minimum atomic E-state index is 0.117. The number of hydrogen-bond acceptors (Lipinski definition) is 2. The first kappa shape index (κ1) is 16.8. The Balaban J connectivity index is 1.78. The Kier molecular flexibility index (Phi) is 6.09. The first-order valence-electron chi connectivity index (χ1n) is 8.32. The summed E-state index contributed by atoms with van der Waals surface area (Å²) < 4.78 is 0. The molecule has 0 spiro atoms. The predicted octanol–water partition coefficient (Wildman–Crippen LogP) is 4.63. The molecule has 2 N–H and O–H groups in total. The molecule has 1 aliphatic heterocycles. The summed E-state index contributed by atoms with van der Waals surface area (Å²) in [5, 5.41) is 0.775. The normalized spacial score (nSPS) is 20.4. The van der Waals surface area contributed by atoms with E-state index in [9.17, 15) is 0 Å². The van der Waals surface area contributed by atoms with E-state index >= 15 is 0 Å². The molecule has 21 heavy (non-hydrogen) atoms. The highest BCUT2D eigenvalue weighted by atomic mass is 35.5. The van der Waals surface area contributed by atoms with Crippen molar-refractivity contribution in [3.05, 3.63) is 34.9 Å². The molecule has 0 saturated carbocycles. The number of nitrogens with zero attached hydrogens (tertiary/aromatic N) is 1. The summed E-state index contributed by atoms with van der Waals surface area (Å²) in [7, 11) is 0. The first-order valence-corrected chi connectivity index (χ1v) is 8.70. The van der Waals surface area contributed by atoms with Crippen LogP contribution in [0.5, 0.6) is 0 Å². The Morgan fingerprint density at radius 3 is 2.24 bits per heavy atom. The van der Waals surface area contributed by atoms with Crippen LogP contribution in [0.4, 0.5) is 0 Å². The maximum atomic E-state index is 6.30. The van der Waals surface area contributed by atoms with E-state index in [-0.39, 0.29) is 6.04 Å². The van der Waals surface area contributed by atoms with Crippen LogP contribution in [0, 0.1) is 5.41 Å². The van der Waals surface area contributed by atoms with Gasteiger partial charge in [0.15, 0.2) is 0 Å². The maximum Gasteiger partial charge on any atom is 0.0406 e. The van der Waals surface area contributed by atoms with Gasteiger partial charge < -0.3 is 10.6 Å². The van der Waals surface area contributed by atoms with E-state index in [0.29, 0.717) is 5.41 Å². The van der Waals surface area contributed by atoms with Crippen molar-refractivity contribution in [3.63, 3.8) is 0 Å². The van der Waals surface area contributed by atoms with Crippen molar-refractivity contribution in [2.75, 3.05) is 19.6 Å². The summed E-state index contributed by atoms with van der Waals surface area (Å²) in [5.74, 6) is 0. The fourth-order valence-electron chi connectivity index (χ4n) is 3.41. The van der Waals surface area contributed by atoms with E-state index in [4.69, 9.17) is 17.3 Å². The lowest BCUT2D eigenvalue weighted by Gasteiger charge is -2.41. The van der Waals surface area contributed by atoms with Crippen LogP contribution in [-0.2, 0) is 0 Å². The summed E-state index contributed by atoms with van der Waals surface area (Å²) >= 11 is 5.92. The van der Waals surface area contributed by atoms with E-state index in [1.165, 1.54) is 44.3 Å². The maximum absolute atomic E-state index is 6.30. The zero-order valence-electron chi connectivity index (χ0n) is 13.4. The predicted molar refractivity (Wildman–Crippen MR) is 91.7 cm³/mol. The van der Waals surface area contributed by atoms with E-state index in [0.717, 1.165) is 18.0 Å². The molecule has 1 atom stereocenters. The van der Waals surface area contributed by atoms with Gasteiger partial charge in [0.25, 0.3) is 0 Å². The number of likely N-dealkylation sites (tertiary alicyclic amines) is 1. The Labute approximate surface area is 134 Å². The number of benzene rings is 1. The molecule has 2 nitrogen and oxygen atoms in total. The average molecular weight is 309 g/mol. The van der Waals surface area contributed by atoms with Crippen LogP contribution in [0.15, 0.2) is 24.3 Å². The number of nitrogens with two attached hydrogens (primary N) is 1. The zero-order valence-corrected chi connectivity index (χ0v) is 14.2. The molecule has 0 amide bonds. The van der Waals surface area contributed by atoms with Gasteiger partial charge in [-0.2, -0.15) is 0 Å². The summed E-state index contributed by atoms with van der Waals surface area (Å²) in [6.45, 7) is 8.25. The van der Waals surface area contributed by atoms with Crippen molar-refractivity contribution >= 4 is 11.6 Å². The van der Waals surface area contributed by atoms with E-state index in [2.05, 4.69) is 18.7 Å². The second kappa shape index (κ2) is 7.62. The molecule has 0 aromatic heterocycles. The van der Waals surface area contributed by atoms with Crippen LogP contribution in [0.1, 0.15) is 57.6 Å². The molecule has 2 rings (SSSR count). The van der Waals surface area contributed by atoms with Crippen LogP contribution >= 0.6 is 11.6 Å². The summed E-state index contributed by atoms with van der Waals surface area (Å²) in [6.07, 6.45) is 6.35. The quantitative estimate of drug-likeness (QED) is 0.830. The minimum Gasteiger partial charge on any atom is -0.324 e. The molecule has 0 bridgehead atoms. The topological polar surface area (TPSA) is 29.3 Å². The van der Waals surface area contributed by atoms with Gasteiger partial charge in [0.2, 0.25) is 0 Å². The van der Waals surface area contributed by atoms with E-state index < -0.39 is 0 Å². The molecule has 1 heterocycles. The Morgan fingerprint density at radius 1 is 1.14 bits per heavy atom. The van der Waals surface area contributed by atoms with Crippen molar-refractivity contribution in [2.45, 2.75) is 52.0 Å². The lowest BCUT2D eigenvalue weighted by molar-refractivity contribution is 0.0934. The molecule has 118 valence electrons. The van der Waals surface area contributed by atoms with Crippen LogP contribution in [0.25, 0.3) is 0 Å². The van der Waals surface area contributed by atoms with Gasteiger partial charge in [-0.3, -0.25) is 0 Å². The molecule has 0 aliphatic carbocycles. The third-order valence-corrected chi connectivity index (χ3v) is 5.72. The second-order valence-corrected chi connectivity index (χ2v) is 6.93. The highest BCUT2D eigenvalue weighted by Gasteiger charge is 2.30. The van der Waals surface area contributed by atoms with Gasteiger partial charge in [0, 0.05) is 11.1 Å². The highest BCUT2D eigenvalue weighted by molar-refractivity contribution is 6.30. The zero-order chi connectivity index (χ0) is 15.3. The second-order valence-electron chi connectivity index (χ2n) is 6.50. The third kappa shape index (κ3) is 4.45. The lowest BCUT2D eigenvalue weighted by Crippen LogP contribution is -2.40. The van der Waals surface area contributed by atoms with Crippen molar-refractivity contribution in [1.29, 1.82) is 0 Å². The number of rotatable bonds is 6. The number of piperidine rings is 1. The molecule has 1 saturated heterocycles. The third-order valence-electron chi connectivity index (χ3n) is 5.47. The van der Waals surface area contributed by atoms with Gasteiger partial charge in [0.1, 0.15) is 0 Å². The summed E-state index contributed by atoms with van der Waals surface area (Å²) in [6, 6.07) is 8.06. The smallest absolute Gasteiger partial charge is 0.0406 e. The van der Waals surface area contributed by atoms with Crippen LogP contribution < -0.4 is 5.73 Å². The first-order chi connectivity index (χ1) is 10.1. The summed E-state index contributed by atoms with van der Waals surface area (Å²) in [5.41, 5.74) is 8.09. The van der Waals surface area contributed by atoms with Gasteiger partial charge in [0.05, 0.1) is 0 Å². The van der Waals surface area contributed by atoms with Gasteiger partial charge in [-0.05, 0) is 62.0 Å². The molecule has 1 aliphatic rings. The molecule has 3 heteroatoms. The van der Waals surface area contributed by atoms with Crippen molar-refractivity contribution in [1.82, 2.24) is 4.90 Å². The van der Waals surface area contributed by atoms with Gasteiger partial charge >= 0.3 is 0 Å². The standard InChI is InChI=1S/C18H29ClN2/c1-3-18(4-2)10-13-21(14-11-18)12-9-17(20)15-5-7-16(19)8-6-15/h5-8,17H,3-4,9-14,20H2,1-2H3. The fraction of sp³-hybridized carbons (Fsp3) is 0.667. The SMILES string of the molecule is CCC1(CC)CCN(CCC(N)c2ccc(Cl)cc2)CC1. The Bertz CT molecular complexity index is 415. The fourth-order valence-corrected chi connectivity index (χ4v) is 3.53. The average Bonchev–Trinajstić information content (AvgIpc) is 2.54. The van der Waals surface area contributed by atoms with E-state index in [1.807, 2.05) is 24.3 Å². The number of halogens is 1. The van der Waals surface area contributed by atoms with Crippen molar-refractivity contribution in [3.8, 4) is 0 Å². The molecular weight excluding hydrogens is 280 g/mol. The molecular formula is C18H29ClN2. The van der Waals surface area contributed by atoms with Crippen LogP contribution in [-0.4, -0.2) is 24.5 Å². The lowest BCUT2D eigenvalue weighted by atomic mass is 9.74. The molecule has 0 radical (unpaired) electrons. The highest BCUT2D eigenvalue weighted by Crippen LogP contribution is 2.37. The monoisotopic (exact) mass is 308 g/mol. The largest absolute Gasteiger partial charge is 0.324 e. The minimum absolute atomic E-state index is 0.117. The van der Waals surface area contributed by atoms with Crippen molar-refractivity contribution in [2.24, 2.45) is 11.1 Å². The van der Waals surface area contributed by atoms with E-state index in [1.54, 1.807) is 0 Å². The summed E-state index contributed by atoms with van der Waals surface area (Å²) in [4.78, 5) is 2.58. The Morgan fingerprint density at radius 2 is 1.71 bits per heavy atom. The molecule has 1 aromatic carbocycles. The van der Waals surface area contributed by atoms with Gasteiger partial charge in [-0.1, -0.05) is 50.4 Å². The Hall–Kier alpha value is -0.570. The van der Waals surface area contributed by atoms with Gasteiger partial charge in [-0.25, -0.2) is 0 Å². The van der Waals surface area contributed by atoms with Crippen molar-refractivity contribution < 1.29 is 0 Å². The molecule has 1 fully saturated rings. The van der Waals surface area contributed by atoms with Crippen LogP contribution in [0.3, 0.4) is 0 Å². The molecule has 1 unspecified atom stereocenters. The van der Waals surface area contributed by atoms with Crippen LogP contribution in [0.2, 0.25) is 5.02 Å².